The van der Waals surface area contributed by atoms with E-state index < -0.39 is 6.04 Å². The molecule has 1 unspecified atom stereocenters. The highest BCUT2D eigenvalue weighted by molar-refractivity contribution is 9.10. The van der Waals surface area contributed by atoms with Crippen LogP contribution in [0.2, 0.25) is 0 Å². The number of nitrogens with zero attached hydrogens (tertiary/aromatic N) is 4. The quantitative estimate of drug-likeness (QED) is 0.510. The maximum Gasteiger partial charge on any atom is 0.328 e. The zero-order valence-electron chi connectivity index (χ0n) is 18.5. The largest absolute Gasteiger partial charge is 0.454 e. The summed E-state index contributed by atoms with van der Waals surface area (Å²) in [6, 6.07) is 8.30. The molecule has 0 bridgehead atoms. The Morgan fingerprint density at radius 3 is 2.83 bits per heavy atom. The minimum Gasteiger partial charge on any atom is -0.454 e. The number of carbonyl (C=O) groups is 2. The van der Waals surface area contributed by atoms with Crippen LogP contribution in [0.1, 0.15) is 11.6 Å². The molecule has 0 saturated carbocycles. The molecule has 0 aliphatic carbocycles. The molecule has 10 nitrogen and oxygen atoms in total. The summed E-state index contributed by atoms with van der Waals surface area (Å²) in [5, 5.41) is 2.89. The number of hydrogen-bond donors (Lipinski definition) is 2. The number of aromatic nitrogens is 2. The van der Waals surface area contributed by atoms with Gasteiger partial charge in [0.15, 0.2) is 11.5 Å². The second kappa shape index (κ2) is 9.08. The van der Waals surface area contributed by atoms with Crippen molar-refractivity contribution in [3.8, 4) is 11.5 Å². The molecule has 0 spiro atoms. The first-order chi connectivity index (χ1) is 17.1. The van der Waals surface area contributed by atoms with E-state index >= 15 is 0 Å². The number of fused-ring (bicyclic) bond motifs is 2. The van der Waals surface area contributed by atoms with Crippen molar-refractivity contribution in [3.63, 3.8) is 0 Å². The molecule has 4 heterocycles. The fraction of sp³-hybridized carbons (Fsp3) is 0.304. The minimum absolute atomic E-state index is 0.0353. The maximum absolute atomic E-state index is 13.3. The van der Waals surface area contributed by atoms with Crippen LogP contribution in [0.4, 0.5) is 10.5 Å². The molecule has 2 N–H and O–H groups in total. The lowest BCUT2D eigenvalue weighted by Crippen LogP contribution is -2.39. The van der Waals surface area contributed by atoms with Crippen molar-refractivity contribution in [2.75, 3.05) is 42.8 Å². The highest BCUT2D eigenvalue weighted by Crippen LogP contribution is 2.43. The average Bonchev–Trinajstić information content (AvgIpc) is 3.60. The third kappa shape index (κ3) is 4.10. The van der Waals surface area contributed by atoms with Crippen LogP contribution in [0.3, 0.4) is 0 Å². The Bertz CT molecular complexity index is 1360. The predicted octanol–water partition coefficient (Wildman–Crippen LogP) is 3.30. The first-order valence-corrected chi connectivity index (χ1v) is 13.1. The lowest BCUT2D eigenvalue weighted by molar-refractivity contribution is -0.129. The summed E-state index contributed by atoms with van der Waals surface area (Å²) in [6.07, 6.45) is 1.61. The van der Waals surface area contributed by atoms with E-state index in [-0.39, 0.29) is 25.3 Å². The Hall–Kier alpha value is -3.25. The second-order valence-electron chi connectivity index (χ2n) is 8.23. The summed E-state index contributed by atoms with van der Waals surface area (Å²) in [6.45, 7) is 1.53. The number of rotatable bonds is 4. The van der Waals surface area contributed by atoms with Crippen molar-refractivity contribution < 1.29 is 19.1 Å². The highest BCUT2D eigenvalue weighted by Gasteiger charge is 2.41. The summed E-state index contributed by atoms with van der Waals surface area (Å²) in [4.78, 5) is 41.5. The van der Waals surface area contributed by atoms with E-state index in [0.29, 0.717) is 36.1 Å². The lowest BCUT2D eigenvalue weighted by Gasteiger charge is -2.26. The van der Waals surface area contributed by atoms with E-state index in [4.69, 9.17) is 9.47 Å². The number of H-pyrrole nitrogens is 1. The molecule has 180 valence electrons. The van der Waals surface area contributed by atoms with E-state index in [9.17, 15) is 9.59 Å². The van der Waals surface area contributed by atoms with Gasteiger partial charge in [-0.1, -0.05) is 15.9 Å². The van der Waals surface area contributed by atoms with Crippen LogP contribution in [-0.2, 0) is 4.79 Å². The number of halogens is 1. The molecule has 3 aliphatic heterocycles. The molecule has 3 aromatic rings. The van der Waals surface area contributed by atoms with Gasteiger partial charge < -0.3 is 19.4 Å². The number of nitrogens with one attached hydrogen (secondary N) is 2. The summed E-state index contributed by atoms with van der Waals surface area (Å²) in [5.41, 5.74) is 3.03. The van der Waals surface area contributed by atoms with Gasteiger partial charge in [0.2, 0.25) is 12.7 Å². The number of aliphatic imine (C=N–C) groups is 1. The highest BCUT2D eigenvalue weighted by atomic mass is 79.9. The molecule has 2 aromatic carbocycles. The Labute approximate surface area is 213 Å². The number of hydrogen-bond acceptors (Lipinski definition) is 7. The van der Waals surface area contributed by atoms with Gasteiger partial charge in [0, 0.05) is 40.3 Å². The average molecular weight is 557 g/mol. The number of thioether (sulfide) groups is 1. The van der Waals surface area contributed by atoms with E-state index in [1.54, 1.807) is 11.2 Å². The Kier molecular flexibility index (Phi) is 5.77. The van der Waals surface area contributed by atoms with Gasteiger partial charge >= 0.3 is 6.03 Å². The topological polar surface area (TPSA) is 112 Å². The standard InChI is InChI=1S/C23H21BrN6O4S/c24-15-9-19-18(33-12-34-19)8-14(15)21-22(25-10-20(31)29-3-5-35-6-4-29)28-23(32)30(21)13-1-2-16-17(7-13)27-11-26-16/h1-2,7-9,11,21H,3-6,10,12H2,(H,26,27)(H,25,28,32). The van der Waals surface area contributed by atoms with Crippen molar-refractivity contribution in [1.82, 2.24) is 20.2 Å². The molecule has 6 rings (SSSR count). The van der Waals surface area contributed by atoms with Crippen LogP contribution >= 0.6 is 27.7 Å². The van der Waals surface area contributed by atoms with Gasteiger partial charge in [-0.25, -0.2) is 9.78 Å². The number of urea groups is 1. The van der Waals surface area contributed by atoms with Gasteiger partial charge in [0.05, 0.1) is 17.4 Å². The normalized spacial score (nSPS) is 20.7. The van der Waals surface area contributed by atoms with Crippen molar-refractivity contribution >= 4 is 62.2 Å². The third-order valence-corrected chi connectivity index (χ3v) is 7.82. The maximum atomic E-state index is 13.3. The van der Waals surface area contributed by atoms with Gasteiger partial charge in [-0.05, 0) is 30.3 Å². The fourth-order valence-electron chi connectivity index (χ4n) is 4.44. The van der Waals surface area contributed by atoms with Crippen LogP contribution < -0.4 is 19.7 Å². The van der Waals surface area contributed by atoms with Crippen molar-refractivity contribution in [1.29, 1.82) is 0 Å². The molecule has 2 saturated heterocycles. The smallest absolute Gasteiger partial charge is 0.328 e. The number of benzene rings is 2. The summed E-state index contributed by atoms with van der Waals surface area (Å²) in [7, 11) is 0. The SMILES string of the molecule is O=C(CN=C1NC(=O)N(c2ccc3nc[nH]c3c2)C1c1cc2c(cc1Br)OCO2)N1CCSCC1. The Balaban J connectivity index is 1.40. The Morgan fingerprint density at radius 2 is 2.00 bits per heavy atom. The first kappa shape index (κ1) is 22.2. The van der Waals surface area contributed by atoms with E-state index in [0.717, 1.165) is 32.6 Å². The molecule has 35 heavy (non-hydrogen) atoms. The van der Waals surface area contributed by atoms with Crippen LogP contribution in [0.5, 0.6) is 11.5 Å². The van der Waals surface area contributed by atoms with E-state index in [1.807, 2.05) is 47.0 Å². The number of amidine groups is 1. The molecular formula is C23H21BrN6O4S. The number of carbonyl (C=O) groups excluding carboxylic acids is 2. The van der Waals surface area contributed by atoms with Crippen LogP contribution in [0.25, 0.3) is 11.0 Å². The van der Waals surface area contributed by atoms with Crippen molar-refractivity contribution in [2.45, 2.75) is 6.04 Å². The molecule has 0 radical (unpaired) electrons. The third-order valence-electron chi connectivity index (χ3n) is 6.19. The summed E-state index contributed by atoms with van der Waals surface area (Å²) in [5.74, 6) is 3.42. The van der Waals surface area contributed by atoms with Gasteiger partial charge in [0.1, 0.15) is 18.4 Å². The fourth-order valence-corrected chi connectivity index (χ4v) is 5.88. The molecule has 1 atom stereocenters. The Morgan fingerprint density at radius 1 is 1.20 bits per heavy atom. The molecular weight excluding hydrogens is 536 g/mol. The molecule has 1 aromatic heterocycles. The zero-order chi connectivity index (χ0) is 23.9. The van der Waals surface area contributed by atoms with E-state index in [2.05, 4.69) is 36.2 Å². The molecule has 3 aliphatic rings. The van der Waals surface area contributed by atoms with Crippen LogP contribution in [0.15, 0.2) is 46.1 Å². The zero-order valence-corrected chi connectivity index (χ0v) is 20.9. The van der Waals surface area contributed by atoms with E-state index in [1.165, 1.54) is 0 Å². The molecule has 12 heteroatoms. The lowest BCUT2D eigenvalue weighted by atomic mass is 10.0. The van der Waals surface area contributed by atoms with Crippen molar-refractivity contribution in [3.05, 3.63) is 46.7 Å². The molecule has 3 amide bonds. The first-order valence-electron chi connectivity index (χ1n) is 11.1. The predicted molar refractivity (Wildman–Crippen MR) is 136 cm³/mol. The van der Waals surface area contributed by atoms with Gasteiger partial charge in [0.25, 0.3) is 0 Å². The van der Waals surface area contributed by atoms with Crippen molar-refractivity contribution in [2.24, 2.45) is 4.99 Å². The molecule has 2 fully saturated rings. The number of imidazole rings is 1. The summed E-state index contributed by atoms with van der Waals surface area (Å²) < 4.78 is 11.8. The van der Waals surface area contributed by atoms with Gasteiger partial charge in [-0.3, -0.25) is 20.0 Å². The second-order valence-corrected chi connectivity index (χ2v) is 10.3. The van der Waals surface area contributed by atoms with Gasteiger partial charge in [-0.15, -0.1) is 0 Å². The summed E-state index contributed by atoms with van der Waals surface area (Å²) >= 11 is 5.47. The van der Waals surface area contributed by atoms with Gasteiger partial charge in [-0.2, -0.15) is 11.8 Å². The van der Waals surface area contributed by atoms with Crippen LogP contribution in [-0.4, -0.2) is 70.6 Å². The number of aromatic amines is 1. The van der Waals surface area contributed by atoms with Crippen LogP contribution in [0, 0.1) is 0 Å². The number of ether oxygens (including phenoxy) is 2. The monoisotopic (exact) mass is 556 g/mol. The number of amides is 3. The number of anilines is 1. The minimum atomic E-state index is -0.601.